The Morgan fingerprint density at radius 1 is 1.15 bits per heavy atom. The van der Waals surface area contributed by atoms with Crippen molar-refractivity contribution in [3.8, 4) is 0 Å². The molecule has 34 heavy (non-hydrogen) atoms. The Kier molecular flexibility index (Phi) is 8.27. The van der Waals surface area contributed by atoms with Gasteiger partial charge in [0.1, 0.15) is 0 Å². The zero-order chi connectivity index (χ0) is 24.2. The molecule has 0 radical (unpaired) electrons. The summed E-state index contributed by atoms with van der Waals surface area (Å²) in [5.41, 5.74) is 0.145. The van der Waals surface area contributed by atoms with E-state index in [1.54, 1.807) is 10.1 Å². The van der Waals surface area contributed by atoms with Gasteiger partial charge < -0.3 is 15.1 Å². The minimum atomic E-state index is -3.50. The first-order valence-electron chi connectivity index (χ1n) is 12.5. The smallest absolute Gasteiger partial charge is 0.335 e. The van der Waals surface area contributed by atoms with E-state index in [9.17, 15) is 13.2 Å². The van der Waals surface area contributed by atoms with Gasteiger partial charge in [-0.15, -0.1) is 9.89 Å². The van der Waals surface area contributed by atoms with Crippen molar-refractivity contribution in [2.45, 2.75) is 43.3 Å². The molecule has 4 rings (SSSR count). The lowest BCUT2D eigenvalue weighted by atomic mass is 9.73. The molecule has 2 unspecified atom stereocenters. The van der Waals surface area contributed by atoms with Gasteiger partial charge in [0.05, 0.1) is 10.7 Å². The molecule has 0 aromatic heterocycles. The molecule has 0 aliphatic carbocycles. The van der Waals surface area contributed by atoms with Crippen molar-refractivity contribution in [3.63, 3.8) is 0 Å². The van der Waals surface area contributed by atoms with Gasteiger partial charge in [0.15, 0.2) is 0 Å². The number of hydrazine groups is 1. The third kappa shape index (κ3) is 5.63. The van der Waals surface area contributed by atoms with Crippen LogP contribution in [-0.4, -0.2) is 94.0 Å². The Labute approximate surface area is 203 Å². The summed E-state index contributed by atoms with van der Waals surface area (Å²) in [6.45, 7) is 7.54. The summed E-state index contributed by atoms with van der Waals surface area (Å²) in [5.74, 6) is -0.108. The zero-order valence-corrected chi connectivity index (χ0v) is 21.2. The Bertz CT molecular complexity index is 907. The number of benzene rings is 1. The average Bonchev–Trinajstić information content (AvgIpc) is 3.36. The van der Waals surface area contributed by atoms with Gasteiger partial charge in [0.25, 0.3) is 0 Å². The molecule has 3 saturated heterocycles. The molecule has 190 valence electrons. The van der Waals surface area contributed by atoms with E-state index in [-0.39, 0.29) is 11.9 Å². The molecule has 0 saturated carbocycles. The molecule has 0 bridgehead atoms. The summed E-state index contributed by atoms with van der Waals surface area (Å²) in [7, 11) is -1.44. The molecule has 3 fully saturated rings. The van der Waals surface area contributed by atoms with Crippen LogP contribution >= 0.6 is 0 Å². The monoisotopic (exact) mass is 493 g/mol. The third-order valence-electron chi connectivity index (χ3n) is 7.69. The number of nitrogens with one attached hydrogen (secondary N) is 2. The van der Waals surface area contributed by atoms with E-state index in [0.717, 1.165) is 38.2 Å². The van der Waals surface area contributed by atoms with E-state index in [4.69, 9.17) is 4.84 Å². The molecule has 9 nitrogen and oxygen atoms in total. The number of piperidine rings is 1. The highest BCUT2D eigenvalue weighted by atomic mass is 32.2. The van der Waals surface area contributed by atoms with Crippen molar-refractivity contribution in [2.24, 2.45) is 5.92 Å². The molecular formula is C24H39N5O4S. The molecule has 2 atom stereocenters. The van der Waals surface area contributed by atoms with Crippen LogP contribution in [0.3, 0.4) is 0 Å². The molecule has 2 N–H and O–H groups in total. The van der Waals surface area contributed by atoms with Crippen LogP contribution in [0.4, 0.5) is 0 Å². The quantitative estimate of drug-likeness (QED) is 0.553. The molecule has 1 aromatic carbocycles. The van der Waals surface area contributed by atoms with E-state index in [0.29, 0.717) is 45.4 Å². The van der Waals surface area contributed by atoms with Crippen molar-refractivity contribution in [1.29, 1.82) is 0 Å². The number of rotatable bonds is 8. The first-order chi connectivity index (χ1) is 16.3. The Morgan fingerprint density at radius 2 is 1.82 bits per heavy atom. The number of likely N-dealkylation sites (N-methyl/N-ethyl adjacent to an activating group) is 1. The highest BCUT2D eigenvalue weighted by Crippen LogP contribution is 2.37. The number of sulfonamides is 1. The number of hydrogen-bond donors (Lipinski definition) is 2. The van der Waals surface area contributed by atoms with E-state index in [1.165, 1.54) is 0 Å². The molecule has 10 heteroatoms. The van der Waals surface area contributed by atoms with Gasteiger partial charge in [-0.2, -0.15) is 0 Å². The van der Waals surface area contributed by atoms with Gasteiger partial charge in [0.2, 0.25) is 10.0 Å². The molecule has 3 heterocycles. The fourth-order valence-corrected chi connectivity index (χ4v) is 7.34. The van der Waals surface area contributed by atoms with E-state index < -0.39 is 20.7 Å². The van der Waals surface area contributed by atoms with Gasteiger partial charge in [-0.3, -0.25) is 0 Å². The number of carbonyl (C=O) groups excluding carboxylic acids is 1. The predicted molar refractivity (Wildman–Crippen MR) is 131 cm³/mol. The Hall–Kier alpha value is -1.56. The molecule has 1 aromatic rings. The minimum absolute atomic E-state index is 0.134. The van der Waals surface area contributed by atoms with Crippen LogP contribution in [0.25, 0.3) is 0 Å². The van der Waals surface area contributed by atoms with Gasteiger partial charge in [0, 0.05) is 39.3 Å². The maximum absolute atomic E-state index is 13.5. The van der Waals surface area contributed by atoms with Crippen LogP contribution in [0.1, 0.15) is 38.2 Å². The van der Waals surface area contributed by atoms with Crippen LogP contribution in [-0.2, 0) is 25.1 Å². The summed E-state index contributed by atoms with van der Waals surface area (Å²) in [6, 6.07) is 9.78. The second-order valence-electron chi connectivity index (χ2n) is 9.88. The fraction of sp³-hybridized carbons (Fsp3) is 0.708. The largest absolute Gasteiger partial charge is 0.367 e. The molecule has 0 spiro atoms. The molecular weight excluding hydrogens is 454 g/mol. The highest BCUT2D eigenvalue weighted by molar-refractivity contribution is 7.90. The topological polar surface area (TPSA) is 94.2 Å². The lowest BCUT2D eigenvalue weighted by Crippen LogP contribution is -2.56. The Morgan fingerprint density at radius 3 is 2.41 bits per heavy atom. The summed E-state index contributed by atoms with van der Waals surface area (Å²) >= 11 is 0. The minimum Gasteiger partial charge on any atom is -0.367 e. The number of piperazine rings is 1. The van der Waals surface area contributed by atoms with Crippen LogP contribution in [0.5, 0.6) is 0 Å². The first kappa shape index (κ1) is 25.5. The van der Waals surface area contributed by atoms with Crippen molar-refractivity contribution in [1.82, 2.24) is 25.1 Å². The van der Waals surface area contributed by atoms with Crippen LogP contribution in [0.15, 0.2) is 30.3 Å². The van der Waals surface area contributed by atoms with Crippen LogP contribution < -0.4 is 10.1 Å². The molecule has 0 amide bonds. The lowest BCUT2D eigenvalue weighted by molar-refractivity contribution is -0.206. The van der Waals surface area contributed by atoms with Gasteiger partial charge in [-0.05, 0) is 57.3 Å². The maximum atomic E-state index is 13.5. The summed E-state index contributed by atoms with van der Waals surface area (Å²) in [5, 5.41) is 6.40. The normalized spacial score (nSPS) is 25.8. The van der Waals surface area contributed by atoms with E-state index in [2.05, 4.69) is 22.1 Å². The standard InChI is InChI=1S/C24H39N5O4S/c1-3-22(20-9-12-25-19-20)34(31,32)26-28-13-10-24(11-14-28,21-7-5-4-6-8-21)23(30)33-29-17-15-27(2)16-18-29/h4-8,20,22,25-26H,3,9-19H2,1-2H3. The third-order valence-corrected chi connectivity index (χ3v) is 9.72. The highest BCUT2D eigenvalue weighted by Gasteiger charge is 2.46. The summed E-state index contributed by atoms with van der Waals surface area (Å²) in [6.07, 6.45) is 2.46. The fourth-order valence-electron chi connectivity index (χ4n) is 5.48. The Balaban J connectivity index is 1.44. The van der Waals surface area contributed by atoms with Gasteiger partial charge in [-0.25, -0.2) is 18.2 Å². The van der Waals surface area contributed by atoms with Gasteiger partial charge in [-0.1, -0.05) is 37.3 Å². The SMILES string of the molecule is CCC(C1CCNC1)S(=O)(=O)NN1CCC(C(=O)ON2CCN(C)CC2)(c2ccccc2)CC1. The van der Waals surface area contributed by atoms with Gasteiger partial charge >= 0.3 is 5.97 Å². The lowest BCUT2D eigenvalue weighted by Gasteiger charge is -2.41. The van der Waals surface area contributed by atoms with Crippen LogP contribution in [0, 0.1) is 5.92 Å². The zero-order valence-electron chi connectivity index (χ0n) is 20.4. The predicted octanol–water partition coefficient (Wildman–Crippen LogP) is 0.948. The van der Waals surface area contributed by atoms with Crippen molar-refractivity contribution < 1.29 is 18.0 Å². The maximum Gasteiger partial charge on any atom is 0.335 e. The number of nitrogens with zero attached hydrogens (tertiary/aromatic N) is 3. The van der Waals surface area contributed by atoms with Crippen molar-refractivity contribution in [2.75, 3.05) is 59.4 Å². The molecule has 3 aliphatic heterocycles. The van der Waals surface area contributed by atoms with E-state index >= 15 is 0 Å². The summed E-state index contributed by atoms with van der Waals surface area (Å²) in [4.78, 5) is 24.5. The van der Waals surface area contributed by atoms with E-state index in [1.807, 2.05) is 37.3 Å². The number of hydrogen-bond acceptors (Lipinski definition) is 8. The first-order valence-corrected chi connectivity index (χ1v) is 14.1. The second kappa shape index (κ2) is 11.0. The average molecular weight is 494 g/mol. The summed E-state index contributed by atoms with van der Waals surface area (Å²) < 4.78 is 26.4. The number of hydroxylamine groups is 2. The van der Waals surface area contributed by atoms with Crippen LogP contribution in [0.2, 0.25) is 0 Å². The molecule has 3 aliphatic rings. The van der Waals surface area contributed by atoms with Crippen molar-refractivity contribution in [3.05, 3.63) is 35.9 Å². The second-order valence-corrected chi connectivity index (χ2v) is 11.8. The van der Waals surface area contributed by atoms with Crippen molar-refractivity contribution >= 4 is 16.0 Å². The number of carbonyl (C=O) groups is 1.